The summed E-state index contributed by atoms with van der Waals surface area (Å²) in [6.07, 6.45) is 1.64. The van der Waals surface area contributed by atoms with Crippen LogP contribution in [0.25, 0.3) is 0 Å². The summed E-state index contributed by atoms with van der Waals surface area (Å²) in [7, 11) is 0. The topological polar surface area (TPSA) is 55.1 Å². The second kappa shape index (κ2) is 6.77. The van der Waals surface area contributed by atoms with Crippen LogP contribution in [0.4, 0.5) is 0 Å². The molecule has 0 radical (unpaired) electrons. The number of carbonyl (C=O) groups excluding carboxylic acids is 1. The third-order valence-corrected chi connectivity index (χ3v) is 3.14. The van der Waals surface area contributed by atoms with Crippen molar-refractivity contribution < 1.29 is 4.79 Å². The van der Waals surface area contributed by atoms with E-state index in [2.05, 4.69) is 21.2 Å². The summed E-state index contributed by atoms with van der Waals surface area (Å²) < 4.78 is 1.01. The van der Waals surface area contributed by atoms with Gasteiger partial charge in [-0.15, -0.1) is 0 Å². The third-order valence-electron chi connectivity index (χ3n) is 2.64. The molecule has 0 aliphatic heterocycles. The van der Waals surface area contributed by atoms with Crippen molar-refractivity contribution in [3.05, 3.63) is 34.3 Å². The molecular formula is C13H19BrN2O. The Labute approximate surface area is 111 Å². The number of benzene rings is 1. The highest BCUT2D eigenvalue weighted by Gasteiger charge is 2.15. The Kier molecular flexibility index (Phi) is 5.65. The fraction of sp³-hybridized carbons (Fsp3) is 0.462. The summed E-state index contributed by atoms with van der Waals surface area (Å²) in [6, 6.07) is 7.46. The van der Waals surface area contributed by atoms with Crippen molar-refractivity contribution in [2.24, 2.45) is 5.73 Å². The minimum Gasteiger partial charge on any atom is -0.348 e. The average molecular weight is 299 g/mol. The Morgan fingerprint density at radius 3 is 2.82 bits per heavy atom. The molecule has 0 aliphatic carbocycles. The van der Waals surface area contributed by atoms with Gasteiger partial charge in [-0.3, -0.25) is 4.79 Å². The van der Waals surface area contributed by atoms with Crippen LogP contribution in [0.5, 0.6) is 0 Å². The molecule has 0 fully saturated rings. The van der Waals surface area contributed by atoms with Gasteiger partial charge in [0.25, 0.3) is 0 Å². The van der Waals surface area contributed by atoms with Gasteiger partial charge in [-0.2, -0.15) is 0 Å². The van der Waals surface area contributed by atoms with Crippen molar-refractivity contribution in [2.45, 2.75) is 38.8 Å². The third kappa shape index (κ3) is 4.48. The molecule has 0 bridgehead atoms. The second-order valence-corrected chi connectivity index (χ2v) is 5.10. The Morgan fingerprint density at radius 1 is 1.53 bits per heavy atom. The lowest BCUT2D eigenvalue weighted by Crippen LogP contribution is -2.41. The van der Waals surface area contributed by atoms with Crippen molar-refractivity contribution in [1.29, 1.82) is 0 Å². The van der Waals surface area contributed by atoms with E-state index in [-0.39, 0.29) is 11.9 Å². The van der Waals surface area contributed by atoms with E-state index < -0.39 is 6.04 Å². The van der Waals surface area contributed by atoms with Crippen LogP contribution in [0.15, 0.2) is 28.7 Å². The molecule has 0 aliphatic rings. The van der Waals surface area contributed by atoms with Crippen LogP contribution in [0.3, 0.4) is 0 Å². The van der Waals surface area contributed by atoms with E-state index in [1.54, 1.807) is 0 Å². The van der Waals surface area contributed by atoms with Crippen molar-refractivity contribution in [3.8, 4) is 0 Å². The number of nitrogens with one attached hydrogen (secondary N) is 1. The second-order valence-electron chi connectivity index (χ2n) is 4.18. The molecule has 0 saturated heterocycles. The molecule has 1 rings (SSSR count). The molecule has 3 N–H and O–H groups in total. The van der Waals surface area contributed by atoms with E-state index >= 15 is 0 Å². The van der Waals surface area contributed by atoms with Gasteiger partial charge in [-0.25, -0.2) is 0 Å². The Morgan fingerprint density at radius 2 is 2.24 bits per heavy atom. The fourth-order valence-corrected chi connectivity index (χ4v) is 2.04. The first-order chi connectivity index (χ1) is 8.04. The van der Waals surface area contributed by atoms with Gasteiger partial charge in [0.15, 0.2) is 0 Å². The minimum atomic E-state index is -0.408. The van der Waals surface area contributed by atoms with Gasteiger partial charge >= 0.3 is 0 Å². The summed E-state index contributed by atoms with van der Waals surface area (Å²) in [5.74, 6) is -0.0840. The smallest absolute Gasteiger partial charge is 0.237 e. The largest absolute Gasteiger partial charge is 0.348 e. The first kappa shape index (κ1) is 14.2. The SMILES string of the molecule is CCC[C@H](N)C(=O)N[C@H](C)c1cccc(Br)c1. The zero-order valence-electron chi connectivity index (χ0n) is 10.2. The predicted molar refractivity (Wildman–Crippen MR) is 73.6 cm³/mol. The van der Waals surface area contributed by atoms with Crippen molar-refractivity contribution in [3.63, 3.8) is 0 Å². The summed E-state index contributed by atoms with van der Waals surface area (Å²) >= 11 is 3.41. The lowest BCUT2D eigenvalue weighted by Gasteiger charge is -2.17. The zero-order chi connectivity index (χ0) is 12.8. The van der Waals surface area contributed by atoms with Gasteiger partial charge in [0.1, 0.15) is 0 Å². The van der Waals surface area contributed by atoms with Crippen molar-refractivity contribution >= 4 is 21.8 Å². The molecule has 0 aromatic heterocycles. The molecule has 0 saturated carbocycles. The minimum absolute atomic E-state index is 0.0251. The molecule has 94 valence electrons. The van der Waals surface area contributed by atoms with E-state index in [9.17, 15) is 4.79 Å². The number of carbonyl (C=O) groups is 1. The Hall–Kier alpha value is -0.870. The van der Waals surface area contributed by atoms with Crippen LogP contribution in [0, 0.1) is 0 Å². The Balaban J connectivity index is 2.60. The predicted octanol–water partition coefficient (Wildman–Crippen LogP) is 2.75. The van der Waals surface area contributed by atoms with E-state index in [1.165, 1.54) is 0 Å². The standard InChI is InChI=1S/C13H19BrN2O/c1-3-5-12(15)13(17)16-9(2)10-6-4-7-11(14)8-10/h4,6-9,12H,3,5,15H2,1-2H3,(H,16,17)/t9-,12+/m1/s1. The maximum absolute atomic E-state index is 11.8. The molecule has 1 aromatic rings. The molecule has 0 unspecified atom stereocenters. The first-order valence-corrected chi connectivity index (χ1v) is 6.65. The summed E-state index contributed by atoms with van der Waals surface area (Å²) in [6.45, 7) is 3.98. The average Bonchev–Trinajstić information content (AvgIpc) is 2.29. The highest BCUT2D eigenvalue weighted by molar-refractivity contribution is 9.10. The molecule has 0 spiro atoms. The van der Waals surface area contributed by atoms with E-state index in [0.29, 0.717) is 0 Å². The monoisotopic (exact) mass is 298 g/mol. The highest BCUT2D eigenvalue weighted by Crippen LogP contribution is 2.17. The van der Waals surface area contributed by atoms with Crippen molar-refractivity contribution in [2.75, 3.05) is 0 Å². The number of nitrogens with two attached hydrogens (primary N) is 1. The highest BCUT2D eigenvalue weighted by atomic mass is 79.9. The lowest BCUT2D eigenvalue weighted by molar-refractivity contribution is -0.123. The number of hydrogen-bond donors (Lipinski definition) is 2. The van der Waals surface area contributed by atoms with Crippen LogP contribution in [-0.2, 0) is 4.79 Å². The van der Waals surface area contributed by atoms with Gasteiger partial charge < -0.3 is 11.1 Å². The summed E-state index contributed by atoms with van der Waals surface area (Å²) in [5.41, 5.74) is 6.83. The van der Waals surface area contributed by atoms with Gasteiger partial charge in [-0.05, 0) is 31.0 Å². The van der Waals surface area contributed by atoms with Crippen LogP contribution in [0.2, 0.25) is 0 Å². The lowest BCUT2D eigenvalue weighted by atomic mass is 10.1. The van der Waals surface area contributed by atoms with E-state index in [4.69, 9.17) is 5.73 Å². The van der Waals surface area contributed by atoms with Gasteiger partial charge in [0, 0.05) is 4.47 Å². The van der Waals surface area contributed by atoms with Gasteiger partial charge in [0.2, 0.25) is 5.91 Å². The zero-order valence-corrected chi connectivity index (χ0v) is 11.8. The Bertz CT molecular complexity index is 381. The molecule has 17 heavy (non-hydrogen) atoms. The molecule has 0 heterocycles. The molecule has 1 aromatic carbocycles. The van der Waals surface area contributed by atoms with Gasteiger partial charge in [-0.1, -0.05) is 41.4 Å². The maximum Gasteiger partial charge on any atom is 0.237 e. The van der Waals surface area contributed by atoms with Crippen molar-refractivity contribution in [1.82, 2.24) is 5.32 Å². The normalized spacial score (nSPS) is 14.1. The van der Waals surface area contributed by atoms with E-state index in [0.717, 1.165) is 22.9 Å². The molecular weight excluding hydrogens is 280 g/mol. The first-order valence-electron chi connectivity index (χ1n) is 5.86. The van der Waals surface area contributed by atoms with Crippen LogP contribution < -0.4 is 11.1 Å². The molecule has 4 heteroatoms. The molecule has 3 nitrogen and oxygen atoms in total. The fourth-order valence-electron chi connectivity index (χ4n) is 1.62. The quantitative estimate of drug-likeness (QED) is 0.878. The van der Waals surface area contributed by atoms with Crippen LogP contribution in [-0.4, -0.2) is 11.9 Å². The summed E-state index contributed by atoms with van der Waals surface area (Å²) in [5, 5.41) is 2.92. The number of amides is 1. The number of hydrogen-bond acceptors (Lipinski definition) is 2. The van der Waals surface area contributed by atoms with E-state index in [1.807, 2.05) is 38.1 Å². The number of rotatable bonds is 5. The number of halogens is 1. The molecule has 1 amide bonds. The maximum atomic E-state index is 11.8. The summed E-state index contributed by atoms with van der Waals surface area (Å²) in [4.78, 5) is 11.8. The van der Waals surface area contributed by atoms with Crippen LogP contribution in [0.1, 0.15) is 38.3 Å². The van der Waals surface area contributed by atoms with Crippen LogP contribution >= 0.6 is 15.9 Å². The molecule has 2 atom stereocenters. The van der Waals surface area contributed by atoms with Gasteiger partial charge in [0.05, 0.1) is 12.1 Å².